The summed E-state index contributed by atoms with van der Waals surface area (Å²) in [4.78, 5) is 35.2. The van der Waals surface area contributed by atoms with Gasteiger partial charge >= 0.3 is 5.97 Å². The van der Waals surface area contributed by atoms with E-state index >= 15 is 0 Å². The number of ether oxygens (including phenoxy) is 1. The molecule has 0 aromatic heterocycles. The van der Waals surface area contributed by atoms with E-state index in [1.807, 2.05) is 0 Å². The summed E-state index contributed by atoms with van der Waals surface area (Å²) < 4.78 is 5.07. The van der Waals surface area contributed by atoms with E-state index in [-0.39, 0.29) is 18.2 Å². The summed E-state index contributed by atoms with van der Waals surface area (Å²) in [5, 5.41) is 13.5. The lowest BCUT2D eigenvalue weighted by molar-refractivity contribution is -0.384. The third-order valence-corrected chi connectivity index (χ3v) is 4.27. The molecule has 7 nitrogen and oxygen atoms in total. The third-order valence-electron chi connectivity index (χ3n) is 4.27. The largest absolute Gasteiger partial charge is 0.465 e. The molecule has 1 fully saturated rings. The molecule has 1 saturated carbocycles. The second kappa shape index (κ2) is 8.42. The molecule has 1 aromatic rings. The number of rotatable bonds is 6. The molecule has 1 aliphatic carbocycles. The maximum absolute atomic E-state index is 12.6. The standard InChI is InChI=1S/C17H22N2O5/c1-2-24-17(21)15(12-7-4-3-5-8-12)16(20)18-13-9-6-10-14(11-13)19(22)23/h6,9-12,15H,2-5,7-8H2,1H3,(H,18,20). The highest BCUT2D eigenvalue weighted by Gasteiger charge is 2.36. The van der Waals surface area contributed by atoms with E-state index in [2.05, 4.69) is 5.32 Å². The van der Waals surface area contributed by atoms with Crippen LogP contribution in [0.25, 0.3) is 0 Å². The van der Waals surface area contributed by atoms with Gasteiger partial charge in [0.2, 0.25) is 5.91 Å². The van der Waals surface area contributed by atoms with Gasteiger partial charge in [-0.3, -0.25) is 19.7 Å². The molecular weight excluding hydrogens is 312 g/mol. The Morgan fingerprint density at radius 2 is 2.04 bits per heavy atom. The van der Waals surface area contributed by atoms with Gasteiger partial charge in [-0.05, 0) is 31.7 Å². The van der Waals surface area contributed by atoms with Gasteiger partial charge in [0.1, 0.15) is 5.92 Å². The number of amides is 1. The van der Waals surface area contributed by atoms with Gasteiger partial charge in [0.25, 0.3) is 5.69 Å². The van der Waals surface area contributed by atoms with Gasteiger partial charge in [-0.25, -0.2) is 0 Å². The van der Waals surface area contributed by atoms with Crippen LogP contribution in [0.1, 0.15) is 39.0 Å². The summed E-state index contributed by atoms with van der Waals surface area (Å²) in [6, 6.07) is 5.68. The molecule has 0 saturated heterocycles. The Hall–Kier alpha value is -2.44. The molecule has 130 valence electrons. The summed E-state index contributed by atoms with van der Waals surface area (Å²) in [6.07, 6.45) is 4.71. The minimum absolute atomic E-state index is 0.0449. The van der Waals surface area contributed by atoms with Gasteiger partial charge in [-0.15, -0.1) is 0 Å². The molecule has 1 atom stereocenters. The van der Waals surface area contributed by atoms with Crippen LogP contribution < -0.4 is 5.32 Å². The zero-order valence-electron chi connectivity index (χ0n) is 13.7. The second-order valence-electron chi connectivity index (χ2n) is 5.92. The topological polar surface area (TPSA) is 98.5 Å². The first-order chi connectivity index (χ1) is 11.5. The van der Waals surface area contributed by atoms with Crippen molar-refractivity contribution in [2.24, 2.45) is 11.8 Å². The van der Waals surface area contributed by atoms with Crippen LogP contribution in [0.4, 0.5) is 11.4 Å². The van der Waals surface area contributed by atoms with E-state index in [4.69, 9.17) is 4.74 Å². The van der Waals surface area contributed by atoms with Crippen molar-refractivity contribution in [1.29, 1.82) is 0 Å². The van der Waals surface area contributed by atoms with Crippen LogP contribution in [0.2, 0.25) is 0 Å². The number of benzene rings is 1. The number of hydrogen-bond acceptors (Lipinski definition) is 5. The Kier molecular flexibility index (Phi) is 6.28. The van der Waals surface area contributed by atoms with Crippen molar-refractivity contribution in [1.82, 2.24) is 0 Å². The number of nitrogens with one attached hydrogen (secondary N) is 1. The van der Waals surface area contributed by atoms with Crippen LogP contribution in [0, 0.1) is 22.0 Å². The molecule has 1 unspecified atom stereocenters. The van der Waals surface area contributed by atoms with Crippen molar-refractivity contribution in [2.45, 2.75) is 39.0 Å². The lowest BCUT2D eigenvalue weighted by atomic mass is 9.79. The van der Waals surface area contributed by atoms with Gasteiger partial charge in [-0.2, -0.15) is 0 Å². The van der Waals surface area contributed by atoms with Crippen LogP contribution >= 0.6 is 0 Å². The van der Waals surface area contributed by atoms with Gasteiger partial charge in [0.15, 0.2) is 0 Å². The molecule has 0 spiro atoms. The zero-order chi connectivity index (χ0) is 17.5. The van der Waals surface area contributed by atoms with E-state index in [9.17, 15) is 19.7 Å². The zero-order valence-corrected chi connectivity index (χ0v) is 13.7. The fourth-order valence-corrected chi connectivity index (χ4v) is 3.13. The highest BCUT2D eigenvalue weighted by molar-refractivity contribution is 6.05. The number of nitro groups is 1. The molecule has 1 amide bonds. The molecule has 7 heteroatoms. The molecule has 0 bridgehead atoms. The molecule has 24 heavy (non-hydrogen) atoms. The minimum atomic E-state index is -0.871. The molecule has 1 aliphatic rings. The van der Waals surface area contributed by atoms with E-state index < -0.39 is 22.7 Å². The summed E-state index contributed by atoms with van der Waals surface area (Å²) in [6.45, 7) is 1.92. The lowest BCUT2D eigenvalue weighted by Crippen LogP contribution is -2.37. The van der Waals surface area contributed by atoms with Crippen LogP contribution in [0.3, 0.4) is 0 Å². The first-order valence-electron chi connectivity index (χ1n) is 8.25. The highest BCUT2D eigenvalue weighted by atomic mass is 16.6. The van der Waals surface area contributed by atoms with Gasteiger partial charge in [0, 0.05) is 17.8 Å². The molecule has 1 N–H and O–H groups in total. The number of nitrogens with zero attached hydrogens (tertiary/aromatic N) is 1. The second-order valence-corrected chi connectivity index (χ2v) is 5.92. The van der Waals surface area contributed by atoms with Crippen molar-refractivity contribution in [3.63, 3.8) is 0 Å². The van der Waals surface area contributed by atoms with Crippen molar-refractivity contribution < 1.29 is 19.2 Å². The predicted molar refractivity (Wildman–Crippen MR) is 88.4 cm³/mol. The van der Waals surface area contributed by atoms with Crippen molar-refractivity contribution >= 4 is 23.3 Å². The van der Waals surface area contributed by atoms with Crippen LogP contribution in [0.15, 0.2) is 24.3 Å². The van der Waals surface area contributed by atoms with Gasteiger partial charge in [0.05, 0.1) is 11.5 Å². The van der Waals surface area contributed by atoms with Crippen LogP contribution in [-0.4, -0.2) is 23.4 Å². The van der Waals surface area contributed by atoms with Crippen molar-refractivity contribution in [2.75, 3.05) is 11.9 Å². The maximum Gasteiger partial charge on any atom is 0.318 e. The average molecular weight is 334 g/mol. The Balaban J connectivity index is 2.16. The Morgan fingerprint density at radius 1 is 1.33 bits per heavy atom. The molecule has 1 aromatic carbocycles. The number of carbonyl (C=O) groups excluding carboxylic acids is 2. The van der Waals surface area contributed by atoms with Crippen LogP contribution in [-0.2, 0) is 14.3 Å². The molecule has 2 rings (SSSR count). The Morgan fingerprint density at radius 3 is 2.67 bits per heavy atom. The fraction of sp³-hybridized carbons (Fsp3) is 0.529. The third kappa shape index (κ3) is 4.53. The lowest BCUT2D eigenvalue weighted by Gasteiger charge is -2.27. The average Bonchev–Trinajstić information content (AvgIpc) is 2.56. The molecule has 0 radical (unpaired) electrons. The number of hydrogen-bond donors (Lipinski definition) is 1. The normalized spacial score (nSPS) is 16.2. The maximum atomic E-state index is 12.6. The Bertz CT molecular complexity index is 611. The first-order valence-corrected chi connectivity index (χ1v) is 8.25. The smallest absolute Gasteiger partial charge is 0.318 e. The number of esters is 1. The van der Waals surface area contributed by atoms with E-state index in [0.29, 0.717) is 5.69 Å². The number of carbonyl (C=O) groups is 2. The monoisotopic (exact) mass is 334 g/mol. The van der Waals surface area contributed by atoms with Gasteiger partial charge < -0.3 is 10.1 Å². The quantitative estimate of drug-likeness (QED) is 0.372. The van der Waals surface area contributed by atoms with Crippen LogP contribution in [0.5, 0.6) is 0 Å². The SMILES string of the molecule is CCOC(=O)C(C(=O)Nc1cccc([N+](=O)[O-])c1)C1CCCCC1. The van der Waals surface area contributed by atoms with Gasteiger partial charge in [-0.1, -0.05) is 25.3 Å². The van der Waals surface area contributed by atoms with Crippen molar-refractivity contribution in [3.05, 3.63) is 34.4 Å². The van der Waals surface area contributed by atoms with E-state index in [1.54, 1.807) is 13.0 Å². The number of non-ortho nitro benzene ring substituents is 1. The molecular formula is C17H22N2O5. The molecule has 0 heterocycles. The fourth-order valence-electron chi connectivity index (χ4n) is 3.13. The summed E-state index contributed by atoms with van der Waals surface area (Å²) in [5.74, 6) is -1.89. The first kappa shape index (κ1) is 17.9. The minimum Gasteiger partial charge on any atom is -0.465 e. The van der Waals surface area contributed by atoms with E-state index in [0.717, 1.165) is 32.1 Å². The van der Waals surface area contributed by atoms with E-state index in [1.165, 1.54) is 18.2 Å². The number of nitro benzene ring substituents is 1. The van der Waals surface area contributed by atoms with Crippen molar-refractivity contribution in [3.8, 4) is 0 Å². The Labute approximate surface area is 140 Å². The summed E-state index contributed by atoms with van der Waals surface area (Å²) >= 11 is 0. The summed E-state index contributed by atoms with van der Waals surface area (Å²) in [7, 11) is 0. The summed E-state index contributed by atoms with van der Waals surface area (Å²) in [5.41, 5.74) is 0.192. The number of anilines is 1. The highest BCUT2D eigenvalue weighted by Crippen LogP contribution is 2.32. The molecule has 0 aliphatic heterocycles. The predicted octanol–water partition coefficient (Wildman–Crippen LogP) is 3.29.